The molecule has 2 aromatic carbocycles. The van der Waals surface area contributed by atoms with Crippen LogP contribution in [0.25, 0.3) is 10.8 Å². The van der Waals surface area contributed by atoms with Crippen molar-refractivity contribution in [3.8, 4) is 5.75 Å². The van der Waals surface area contributed by atoms with Gasteiger partial charge in [0.05, 0.1) is 6.61 Å². The van der Waals surface area contributed by atoms with E-state index >= 15 is 0 Å². The van der Waals surface area contributed by atoms with Crippen LogP contribution in [0.2, 0.25) is 0 Å². The summed E-state index contributed by atoms with van der Waals surface area (Å²) in [6.45, 7) is 1.30. The minimum atomic E-state index is -1.44. The third kappa shape index (κ3) is 3.70. The maximum Gasteiger partial charge on any atom is 0.488 e. The van der Waals surface area contributed by atoms with Gasteiger partial charge in [0, 0.05) is 20.1 Å². The van der Waals surface area contributed by atoms with Gasteiger partial charge in [0.25, 0.3) is 0 Å². The van der Waals surface area contributed by atoms with Crippen LogP contribution < -0.4 is 10.2 Å². The van der Waals surface area contributed by atoms with E-state index in [1.54, 1.807) is 19.2 Å². The highest BCUT2D eigenvalue weighted by Crippen LogP contribution is 2.20. The average Bonchev–Trinajstić information content (AvgIpc) is 2.43. The number of fused-ring (bicyclic) bond motifs is 1. The maximum atomic E-state index is 9.12. The molecule has 0 unspecified atom stereocenters. The Morgan fingerprint density at radius 1 is 1.00 bits per heavy atom. The number of benzene rings is 2. The van der Waals surface area contributed by atoms with Gasteiger partial charge in [-0.15, -0.1) is 0 Å². The lowest BCUT2D eigenvalue weighted by molar-refractivity contribution is 0.172. The van der Waals surface area contributed by atoms with Crippen LogP contribution in [0.4, 0.5) is 0 Å². The number of hydrogen-bond acceptors (Lipinski definition) is 4. The monoisotopic (exact) mass is 260 g/mol. The molecule has 0 radical (unpaired) electrons. The predicted octanol–water partition coefficient (Wildman–Crippen LogP) is 0.935. The Morgan fingerprint density at radius 2 is 1.74 bits per heavy atom. The van der Waals surface area contributed by atoms with Crippen molar-refractivity contribution >= 4 is 23.4 Å². The van der Waals surface area contributed by atoms with Crippen molar-refractivity contribution in [3.63, 3.8) is 0 Å². The molecule has 2 N–H and O–H groups in total. The number of rotatable bonds is 6. The maximum absolute atomic E-state index is 9.12. The fourth-order valence-electron chi connectivity index (χ4n) is 1.89. The van der Waals surface area contributed by atoms with Crippen LogP contribution in [0, 0.1) is 0 Å². The highest BCUT2D eigenvalue weighted by Gasteiger charge is 2.10. The Hall–Kier alpha value is -1.56. The van der Waals surface area contributed by atoms with Crippen LogP contribution in [0.15, 0.2) is 36.4 Å². The molecule has 2 rings (SSSR count). The lowest BCUT2D eigenvalue weighted by Crippen LogP contribution is -2.29. The van der Waals surface area contributed by atoms with Gasteiger partial charge < -0.3 is 19.5 Å². The Morgan fingerprint density at radius 3 is 2.47 bits per heavy atom. The summed E-state index contributed by atoms with van der Waals surface area (Å²) >= 11 is 0. The van der Waals surface area contributed by atoms with Crippen LogP contribution in [0.1, 0.15) is 6.42 Å². The molecule has 0 heterocycles. The normalized spacial score (nSPS) is 10.7. The van der Waals surface area contributed by atoms with Crippen molar-refractivity contribution in [2.45, 2.75) is 6.42 Å². The van der Waals surface area contributed by atoms with E-state index in [2.05, 4.69) is 0 Å². The molecule has 0 bridgehead atoms. The summed E-state index contributed by atoms with van der Waals surface area (Å²) < 4.78 is 10.6. The lowest BCUT2D eigenvalue weighted by atomic mass is 9.79. The summed E-state index contributed by atoms with van der Waals surface area (Å²) in [6.07, 6.45) is 0.851. The summed E-state index contributed by atoms with van der Waals surface area (Å²) in [4.78, 5) is 0. The SMILES string of the molecule is COCCCOc1ccc2cc(B(O)O)ccc2c1. The van der Waals surface area contributed by atoms with E-state index in [0.29, 0.717) is 18.7 Å². The lowest BCUT2D eigenvalue weighted by Gasteiger charge is -2.08. The van der Waals surface area contributed by atoms with Crippen LogP contribution in [-0.4, -0.2) is 37.5 Å². The molecule has 0 spiro atoms. The van der Waals surface area contributed by atoms with Crippen molar-refractivity contribution in [3.05, 3.63) is 36.4 Å². The fourth-order valence-corrected chi connectivity index (χ4v) is 1.89. The van der Waals surface area contributed by atoms with Crippen molar-refractivity contribution in [1.82, 2.24) is 0 Å². The van der Waals surface area contributed by atoms with Gasteiger partial charge in [0.2, 0.25) is 0 Å². The molecule has 0 aliphatic heterocycles. The fraction of sp³-hybridized carbons (Fsp3) is 0.286. The minimum Gasteiger partial charge on any atom is -0.493 e. The number of methoxy groups -OCH3 is 1. The van der Waals surface area contributed by atoms with E-state index in [-0.39, 0.29) is 0 Å². The summed E-state index contributed by atoms with van der Waals surface area (Å²) in [5, 5.41) is 20.2. The Balaban J connectivity index is 2.10. The van der Waals surface area contributed by atoms with Crippen LogP contribution >= 0.6 is 0 Å². The number of ether oxygens (including phenoxy) is 2. The first kappa shape index (κ1) is 13.9. The summed E-state index contributed by atoms with van der Waals surface area (Å²) in [6, 6.07) is 11.0. The van der Waals surface area contributed by atoms with Gasteiger partial charge >= 0.3 is 7.12 Å². The quantitative estimate of drug-likeness (QED) is 0.599. The van der Waals surface area contributed by atoms with Gasteiger partial charge in [-0.1, -0.05) is 24.3 Å². The molecule has 5 heteroatoms. The summed E-state index contributed by atoms with van der Waals surface area (Å²) in [7, 11) is 0.234. The smallest absolute Gasteiger partial charge is 0.488 e. The Kier molecular flexibility index (Phi) is 4.79. The zero-order valence-corrected chi connectivity index (χ0v) is 10.9. The highest BCUT2D eigenvalue weighted by molar-refractivity contribution is 6.58. The molecule has 0 fully saturated rings. The molecule has 4 nitrogen and oxygen atoms in total. The molecule has 0 amide bonds. The first-order valence-corrected chi connectivity index (χ1v) is 6.22. The number of hydrogen-bond donors (Lipinski definition) is 2. The third-order valence-electron chi connectivity index (χ3n) is 2.90. The van der Waals surface area contributed by atoms with Crippen molar-refractivity contribution in [1.29, 1.82) is 0 Å². The summed E-state index contributed by atoms with van der Waals surface area (Å²) in [5.41, 5.74) is 0.487. The first-order valence-electron chi connectivity index (χ1n) is 6.22. The molecule has 19 heavy (non-hydrogen) atoms. The Bertz CT molecular complexity index is 542. The first-order chi connectivity index (χ1) is 9.20. The van der Waals surface area contributed by atoms with E-state index in [0.717, 1.165) is 22.9 Å². The molecule has 0 aliphatic rings. The molecule has 0 saturated carbocycles. The van der Waals surface area contributed by atoms with Crippen molar-refractivity contribution < 1.29 is 19.5 Å². The molecule has 0 aliphatic carbocycles. The molecule has 0 saturated heterocycles. The van der Waals surface area contributed by atoms with Crippen LogP contribution in [0.5, 0.6) is 5.75 Å². The standard InChI is InChI=1S/C14H17BO4/c1-18-7-2-8-19-14-6-4-11-9-13(15(16)17)5-3-12(11)10-14/h3-6,9-10,16-17H,2,7-8H2,1H3. The second-order valence-corrected chi connectivity index (χ2v) is 4.34. The van der Waals surface area contributed by atoms with Gasteiger partial charge in [-0.25, -0.2) is 0 Å². The molecular formula is C14H17BO4. The third-order valence-corrected chi connectivity index (χ3v) is 2.90. The Labute approximate surface area is 112 Å². The minimum absolute atomic E-state index is 0.487. The van der Waals surface area contributed by atoms with Crippen molar-refractivity contribution in [2.24, 2.45) is 0 Å². The molecule has 100 valence electrons. The second kappa shape index (κ2) is 6.56. The van der Waals surface area contributed by atoms with E-state index < -0.39 is 7.12 Å². The molecule has 0 aromatic heterocycles. The van der Waals surface area contributed by atoms with Gasteiger partial charge in [0.15, 0.2) is 0 Å². The van der Waals surface area contributed by atoms with Crippen LogP contribution in [-0.2, 0) is 4.74 Å². The largest absolute Gasteiger partial charge is 0.493 e. The van der Waals surface area contributed by atoms with Gasteiger partial charge in [-0.3, -0.25) is 0 Å². The summed E-state index contributed by atoms with van der Waals surface area (Å²) in [5.74, 6) is 0.806. The van der Waals surface area contributed by atoms with E-state index in [4.69, 9.17) is 19.5 Å². The van der Waals surface area contributed by atoms with Crippen molar-refractivity contribution in [2.75, 3.05) is 20.3 Å². The molecule has 0 atom stereocenters. The van der Waals surface area contributed by atoms with E-state index in [1.165, 1.54) is 0 Å². The van der Waals surface area contributed by atoms with Gasteiger partial charge in [-0.05, 0) is 28.4 Å². The zero-order valence-electron chi connectivity index (χ0n) is 10.9. The van der Waals surface area contributed by atoms with Gasteiger partial charge in [0.1, 0.15) is 5.75 Å². The van der Waals surface area contributed by atoms with Crippen LogP contribution in [0.3, 0.4) is 0 Å². The molecular weight excluding hydrogens is 243 g/mol. The van der Waals surface area contributed by atoms with E-state index in [1.807, 2.05) is 24.3 Å². The van der Waals surface area contributed by atoms with E-state index in [9.17, 15) is 0 Å². The topological polar surface area (TPSA) is 58.9 Å². The van der Waals surface area contributed by atoms with Gasteiger partial charge in [-0.2, -0.15) is 0 Å². The highest BCUT2D eigenvalue weighted by atomic mass is 16.5. The second-order valence-electron chi connectivity index (χ2n) is 4.34. The zero-order chi connectivity index (χ0) is 13.7. The molecule has 2 aromatic rings. The predicted molar refractivity (Wildman–Crippen MR) is 75.8 cm³/mol. The average molecular weight is 260 g/mol.